The second kappa shape index (κ2) is 4.42. The van der Waals surface area contributed by atoms with E-state index in [1.54, 1.807) is 23.3 Å². The first-order valence-electron chi connectivity index (χ1n) is 4.34. The summed E-state index contributed by atoms with van der Waals surface area (Å²) in [5.41, 5.74) is 0.961. The van der Waals surface area contributed by atoms with Crippen LogP contribution in [0.1, 0.15) is 13.3 Å². The number of hydrogen-bond acceptors (Lipinski definition) is 5. The zero-order chi connectivity index (χ0) is 9.97. The summed E-state index contributed by atoms with van der Waals surface area (Å²) < 4.78 is 5.04. The predicted octanol–water partition coefficient (Wildman–Crippen LogP) is 3.00. The number of hydrogen-bond donors (Lipinski definition) is 2. The molecule has 0 atom stereocenters. The van der Waals surface area contributed by atoms with Gasteiger partial charge in [0, 0.05) is 18.5 Å². The fraction of sp³-hybridized carbons (Fsp3) is 0.375. The molecular weight excluding hydrogens is 238 g/mol. The van der Waals surface area contributed by atoms with Crippen molar-refractivity contribution in [2.45, 2.75) is 17.6 Å². The Morgan fingerprint density at radius 3 is 3.29 bits per heavy atom. The molecule has 0 spiro atoms. The maximum absolute atomic E-state index is 5.89. The van der Waals surface area contributed by atoms with Gasteiger partial charge in [0.1, 0.15) is 4.21 Å². The summed E-state index contributed by atoms with van der Waals surface area (Å²) in [7, 11) is 0. The highest BCUT2D eigenvalue weighted by molar-refractivity contribution is 8.00. The highest BCUT2D eigenvalue weighted by atomic mass is 35.5. The van der Waals surface area contributed by atoms with E-state index in [1.807, 2.05) is 6.07 Å². The van der Waals surface area contributed by atoms with E-state index >= 15 is 0 Å². The van der Waals surface area contributed by atoms with Gasteiger partial charge >= 0.3 is 0 Å². The quantitative estimate of drug-likeness (QED) is 0.789. The molecule has 0 amide bonds. The summed E-state index contributed by atoms with van der Waals surface area (Å²) in [6.07, 6.45) is 1.09. The van der Waals surface area contributed by atoms with Gasteiger partial charge in [0.05, 0.1) is 10.0 Å². The summed E-state index contributed by atoms with van der Waals surface area (Å²) in [5, 5.41) is 3.20. The van der Waals surface area contributed by atoms with Crippen LogP contribution in [0.3, 0.4) is 0 Å². The molecule has 2 heterocycles. The summed E-state index contributed by atoms with van der Waals surface area (Å²) in [6, 6.07) is 1.89. The van der Waals surface area contributed by atoms with Crippen molar-refractivity contribution >= 4 is 46.5 Å². The zero-order valence-corrected chi connectivity index (χ0v) is 10.0. The number of guanidine groups is 1. The first kappa shape index (κ1) is 10.1. The summed E-state index contributed by atoms with van der Waals surface area (Å²) >= 11 is 9.00. The minimum absolute atomic E-state index is 0.782. The smallest absolute Gasteiger partial charge is 0.207 e. The number of nitrogens with zero attached hydrogens (tertiary/aromatic N) is 1. The molecule has 0 unspecified atom stereocenters. The second-order valence-corrected chi connectivity index (χ2v) is 5.57. The van der Waals surface area contributed by atoms with E-state index in [2.05, 4.69) is 22.0 Å². The third-order valence-corrected chi connectivity index (χ3v) is 3.90. The third kappa shape index (κ3) is 2.16. The molecule has 0 saturated heterocycles. The van der Waals surface area contributed by atoms with Gasteiger partial charge in [0.15, 0.2) is 0 Å². The average molecular weight is 248 g/mol. The molecule has 0 saturated carbocycles. The Labute approximate surface area is 96.1 Å². The van der Waals surface area contributed by atoms with Crippen molar-refractivity contribution in [3.63, 3.8) is 0 Å². The topological polar surface area (TPSA) is 36.4 Å². The number of thiophene rings is 1. The van der Waals surface area contributed by atoms with Gasteiger partial charge in [0.25, 0.3) is 0 Å². The Morgan fingerprint density at radius 1 is 1.64 bits per heavy atom. The lowest BCUT2D eigenvalue weighted by Gasteiger charge is -2.14. The monoisotopic (exact) mass is 247 g/mol. The van der Waals surface area contributed by atoms with E-state index < -0.39 is 0 Å². The van der Waals surface area contributed by atoms with E-state index in [4.69, 9.17) is 11.6 Å². The highest BCUT2D eigenvalue weighted by Gasteiger charge is 2.14. The van der Waals surface area contributed by atoms with Crippen molar-refractivity contribution in [2.24, 2.45) is 4.99 Å². The number of rotatable bonds is 2. The minimum atomic E-state index is 0.782. The number of fused-ring (bicyclic) bond motifs is 1. The van der Waals surface area contributed by atoms with E-state index in [1.165, 1.54) is 0 Å². The van der Waals surface area contributed by atoms with E-state index in [9.17, 15) is 0 Å². The van der Waals surface area contributed by atoms with Gasteiger partial charge in [-0.2, -0.15) is 0 Å². The second-order valence-electron chi connectivity index (χ2n) is 2.81. The molecule has 0 fully saturated rings. The van der Waals surface area contributed by atoms with Gasteiger partial charge in [0.2, 0.25) is 5.96 Å². The molecule has 76 valence electrons. The number of nitrogens with one attached hydrogen (secondary N) is 2. The minimum Gasteiger partial charge on any atom is -0.355 e. The van der Waals surface area contributed by atoms with Crippen LogP contribution in [0, 0.1) is 0 Å². The van der Waals surface area contributed by atoms with Crippen LogP contribution in [0.4, 0.5) is 5.69 Å². The van der Waals surface area contributed by atoms with Crippen LogP contribution < -0.4 is 10.0 Å². The van der Waals surface area contributed by atoms with Gasteiger partial charge in [-0.05, 0) is 12.5 Å². The highest BCUT2D eigenvalue weighted by Crippen LogP contribution is 2.40. The van der Waals surface area contributed by atoms with Gasteiger partial charge in [-0.3, -0.25) is 4.72 Å². The normalized spacial score (nSPS) is 14.3. The van der Waals surface area contributed by atoms with Crippen molar-refractivity contribution in [3.8, 4) is 0 Å². The van der Waals surface area contributed by atoms with Crippen molar-refractivity contribution in [3.05, 3.63) is 10.4 Å². The van der Waals surface area contributed by atoms with Gasteiger partial charge in [-0.1, -0.05) is 18.5 Å². The van der Waals surface area contributed by atoms with Crippen molar-refractivity contribution < 1.29 is 0 Å². The van der Waals surface area contributed by atoms with Crippen molar-refractivity contribution in [1.29, 1.82) is 0 Å². The molecule has 1 aliphatic rings. The Hall–Kier alpha value is -0.390. The Kier molecular flexibility index (Phi) is 3.20. The molecular formula is C8H10ClN3S2. The number of aliphatic imine (C=N–C) groups is 1. The van der Waals surface area contributed by atoms with Crippen LogP contribution in [0.5, 0.6) is 0 Å². The molecule has 14 heavy (non-hydrogen) atoms. The molecule has 2 rings (SSSR count). The standard InChI is InChI=1S/C8H10ClN3S2/c1-2-3-10-8-11-5-4-6(9)13-7(5)14-12-8/h4H,2-3H2,1H3,(H2,10,11,12). The molecule has 1 aromatic rings. The van der Waals surface area contributed by atoms with E-state index in [0.717, 1.165) is 33.2 Å². The molecule has 0 aliphatic carbocycles. The Balaban J connectivity index is 2.13. The molecule has 1 aliphatic heterocycles. The third-order valence-electron chi connectivity index (χ3n) is 1.66. The first-order valence-corrected chi connectivity index (χ1v) is 6.35. The lowest BCUT2D eigenvalue weighted by Crippen LogP contribution is -2.34. The molecule has 2 N–H and O–H groups in total. The fourth-order valence-corrected chi connectivity index (χ4v) is 3.15. The largest absolute Gasteiger partial charge is 0.355 e. The van der Waals surface area contributed by atoms with Crippen LogP contribution in [-0.4, -0.2) is 12.5 Å². The SMILES string of the molecule is CCCNC1=Nc2cc(Cl)sc2SN1. The Morgan fingerprint density at radius 2 is 2.50 bits per heavy atom. The van der Waals surface area contributed by atoms with Crippen LogP contribution in [-0.2, 0) is 0 Å². The lowest BCUT2D eigenvalue weighted by molar-refractivity contribution is 0.828. The maximum Gasteiger partial charge on any atom is 0.207 e. The first-order chi connectivity index (χ1) is 6.79. The van der Waals surface area contributed by atoms with Crippen molar-refractivity contribution in [2.75, 3.05) is 6.54 Å². The van der Waals surface area contributed by atoms with E-state index in [-0.39, 0.29) is 0 Å². The molecule has 0 bridgehead atoms. The van der Waals surface area contributed by atoms with Crippen LogP contribution in [0.2, 0.25) is 4.34 Å². The van der Waals surface area contributed by atoms with Gasteiger partial charge in [-0.25, -0.2) is 4.99 Å². The lowest BCUT2D eigenvalue weighted by atomic mass is 10.5. The molecule has 0 radical (unpaired) electrons. The zero-order valence-electron chi connectivity index (χ0n) is 7.63. The van der Waals surface area contributed by atoms with Crippen LogP contribution in [0.25, 0.3) is 0 Å². The average Bonchev–Trinajstić information content (AvgIpc) is 2.54. The van der Waals surface area contributed by atoms with Crippen LogP contribution >= 0.6 is 34.9 Å². The summed E-state index contributed by atoms with van der Waals surface area (Å²) in [4.78, 5) is 4.40. The molecule has 3 nitrogen and oxygen atoms in total. The number of halogens is 1. The van der Waals surface area contributed by atoms with Crippen LogP contribution in [0.15, 0.2) is 15.3 Å². The van der Waals surface area contributed by atoms with Gasteiger partial charge in [-0.15, -0.1) is 11.3 Å². The fourth-order valence-electron chi connectivity index (χ4n) is 1.04. The van der Waals surface area contributed by atoms with Crippen molar-refractivity contribution in [1.82, 2.24) is 10.0 Å². The predicted molar refractivity (Wildman–Crippen MR) is 63.7 cm³/mol. The molecule has 6 heteroatoms. The summed E-state index contributed by atoms with van der Waals surface area (Å²) in [6.45, 7) is 3.05. The van der Waals surface area contributed by atoms with Gasteiger partial charge < -0.3 is 5.32 Å². The Bertz CT molecular complexity index is 361. The molecule has 1 aromatic heterocycles. The summed E-state index contributed by atoms with van der Waals surface area (Å²) in [5.74, 6) is 0.818. The van der Waals surface area contributed by atoms with E-state index in [0.29, 0.717) is 0 Å². The maximum atomic E-state index is 5.89. The molecule has 0 aromatic carbocycles.